The number of carbonyl (C=O) groups is 1. The SMILES string of the molecule is NS(=O)(=O)c1cccc(CNC(=O)CC2CCCO2)c1. The Morgan fingerprint density at radius 1 is 1.45 bits per heavy atom. The molecule has 1 heterocycles. The Kier molecular flexibility index (Phi) is 4.74. The lowest BCUT2D eigenvalue weighted by Crippen LogP contribution is -2.26. The van der Waals surface area contributed by atoms with Crippen LogP contribution in [0, 0.1) is 0 Å². The zero-order chi connectivity index (χ0) is 14.6. The Morgan fingerprint density at radius 2 is 2.25 bits per heavy atom. The summed E-state index contributed by atoms with van der Waals surface area (Å²) < 4.78 is 27.8. The van der Waals surface area contributed by atoms with Crippen LogP contribution in [0.25, 0.3) is 0 Å². The summed E-state index contributed by atoms with van der Waals surface area (Å²) in [5.74, 6) is -0.0992. The second-order valence-corrected chi connectivity index (χ2v) is 6.37. The molecule has 1 aliphatic rings. The molecule has 0 bridgehead atoms. The van der Waals surface area contributed by atoms with Gasteiger partial charge in [-0.3, -0.25) is 4.79 Å². The van der Waals surface area contributed by atoms with Crippen molar-refractivity contribution in [3.63, 3.8) is 0 Å². The molecule has 7 heteroatoms. The first-order chi connectivity index (χ1) is 9.45. The van der Waals surface area contributed by atoms with Crippen LogP contribution in [0.1, 0.15) is 24.8 Å². The lowest BCUT2D eigenvalue weighted by Gasteiger charge is -2.10. The minimum Gasteiger partial charge on any atom is -0.378 e. The van der Waals surface area contributed by atoms with Crippen LogP contribution in [0.2, 0.25) is 0 Å². The van der Waals surface area contributed by atoms with Crippen LogP contribution in [0.15, 0.2) is 29.2 Å². The van der Waals surface area contributed by atoms with Gasteiger partial charge in [-0.2, -0.15) is 0 Å². The number of primary sulfonamides is 1. The average molecular weight is 298 g/mol. The zero-order valence-corrected chi connectivity index (χ0v) is 11.9. The average Bonchev–Trinajstić information content (AvgIpc) is 2.88. The Balaban J connectivity index is 1.88. The number of nitrogens with two attached hydrogens (primary N) is 1. The van der Waals surface area contributed by atoms with Gasteiger partial charge in [0.15, 0.2) is 0 Å². The summed E-state index contributed by atoms with van der Waals surface area (Å²) in [6.45, 7) is 0.989. The van der Waals surface area contributed by atoms with Gasteiger partial charge in [-0.1, -0.05) is 12.1 Å². The number of benzene rings is 1. The van der Waals surface area contributed by atoms with E-state index in [9.17, 15) is 13.2 Å². The van der Waals surface area contributed by atoms with E-state index < -0.39 is 10.0 Å². The molecule has 1 amide bonds. The summed E-state index contributed by atoms with van der Waals surface area (Å²) in [6, 6.07) is 6.22. The molecule has 6 nitrogen and oxygen atoms in total. The van der Waals surface area contributed by atoms with Crippen molar-refractivity contribution in [3.8, 4) is 0 Å². The van der Waals surface area contributed by atoms with E-state index >= 15 is 0 Å². The van der Waals surface area contributed by atoms with Crippen LogP contribution in [0.5, 0.6) is 0 Å². The third kappa shape index (κ3) is 4.29. The molecule has 0 radical (unpaired) electrons. The van der Waals surface area contributed by atoms with Crippen molar-refractivity contribution in [2.45, 2.75) is 36.8 Å². The molecule has 1 aliphatic heterocycles. The lowest BCUT2D eigenvalue weighted by atomic mass is 10.1. The van der Waals surface area contributed by atoms with Crippen molar-refractivity contribution >= 4 is 15.9 Å². The van der Waals surface area contributed by atoms with Crippen LogP contribution in [0.4, 0.5) is 0 Å². The van der Waals surface area contributed by atoms with Gasteiger partial charge in [0.1, 0.15) is 0 Å². The van der Waals surface area contributed by atoms with Gasteiger partial charge in [0.25, 0.3) is 0 Å². The molecule has 20 heavy (non-hydrogen) atoms. The standard InChI is InChI=1S/C13H18N2O4S/c14-20(17,18)12-5-1-3-10(7-12)9-15-13(16)8-11-4-2-6-19-11/h1,3,5,7,11H,2,4,6,8-9H2,(H,15,16)(H2,14,17,18). The number of rotatable bonds is 5. The largest absolute Gasteiger partial charge is 0.378 e. The molecular weight excluding hydrogens is 280 g/mol. The van der Waals surface area contributed by atoms with Gasteiger partial charge in [0.2, 0.25) is 15.9 Å². The summed E-state index contributed by atoms with van der Waals surface area (Å²) in [4.78, 5) is 11.8. The van der Waals surface area contributed by atoms with Crippen molar-refractivity contribution in [2.75, 3.05) is 6.61 Å². The molecule has 2 rings (SSSR count). The second-order valence-electron chi connectivity index (χ2n) is 4.81. The number of nitrogens with one attached hydrogen (secondary N) is 1. The van der Waals surface area contributed by atoms with E-state index in [0.29, 0.717) is 18.6 Å². The van der Waals surface area contributed by atoms with Crippen LogP contribution in [0.3, 0.4) is 0 Å². The second kappa shape index (κ2) is 6.34. The summed E-state index contributed by atoms with van der Waals surface area (Å²) in [5, 5.41) is 7.81. The Hall–Kier alpha value is -1.44. The maximum absolute atomic E-state index is 11.7. The normalized spacial score (nSPS) is 18.9. The van der Waals surface area contributed by atoms with Crippen molar-refractivity contribution in [3.05, 3.63) is 29.8 Å². The van der Waals surface area contributed by atoms with Crippen LogP contribution in [-0.4, -0.2) is 27.0 Å². The van der Waals surface area contributed by atoms with E-state index in [1.165, 1.54) is 12.1 Å². The maximum Gasteiger partial charge on any atom is 0.238 e. The summed E-state index contributed by atoms with van der Waals surface area (Å²) in [7, 11) is -3.72. The number of hydrogen-bond donors (Lipinski definition) is 2. The number of amides is 1. The molecule has 0 saturated carbocycles. The Morgan fingerprint density at radius 3 is 2.90 bits per heavy atom. The maximum atomic E-state index is 11.7. The van der Waals surface area contributed by atoms with Gasteiger partial charge >= 0.3 is 0 Å². The summed E-state index contributed by atoms with van der Waals surface area (Å²) in [5.41, 5.74) is 0.692. The Bertz CT molecular complexity index is 580. The number of ether oxygens (including phenoxy) is 1. The van der Waals surface area contributed by atoms with Crippen molar-refractivity contribution in [1.29, 1.82) is 0 Å². The van der Waals surface area contributed by atoms with Crippen LogP contribution in [-0.2, 0) is 26.1 Å². The summed E-state index contributed by atoms with van der Waals surface area (Å²) >= 11 is 0. The lowest BCUT2D eigenvalue weighted by molar-refractivity contribution is -0.123. The molecular formula is C13H18N2O4S. The smallest absolute Gasteiger partial charge is 0.238 e. The van der Waals surface area contributed by atoms with Gasteiger partial charge in [-0.15, -0.1) is 0 Å². The molecule has 1 aromatic rings. The van der Waals surface area contributed by atoms with E-state index in [-0.39, 0.29) is 23.5 Å². The highest BCUT2D eigenvalue weighted by atomic mass is 32.2. The minimum absolute atomic E-state index is 0.00533. The van der Waals surface area contributed by atoms with E-state index in [1.807, 2.05) is 0 Å². The quantitative estimate of drug-likeness (QED) is 0.828. The molecule has 1 saturated heterocycles. The van der Waals surface area contributed by atoms with Crippen molar-refractivity contribution in [1.82, 2.24) is 5.32 Å². The van der Waals surface area contributed by atoms with Crippen molar-refractivity contribution < 1.29 is 17.9 Å². The van der Waals surface area contributed by atoms with E-state index in [1.54, 1.807) is 12.1 Å². The molecule has 0 aromatic heterocycles. The Labute approximate surface area is 118 Å². The zero-order valence-electron chi connectivity index (χ0n) is 11.0. The fraction of sp³-hybridized carbons (Fsp3) is 0.462. The first-order valence-corrected chi connectivity index (χ1v) is 8.00. The fourth-order valence-corrected chi connectivity index (χ4v) is 2.70. The predicted molar refractivity (Wildman–Crippen MR) is 73.3 cm³/mol. The predicted octanol–water partition coefficient (Wildman–Crippen LogP) is 0.519. The molecule has 3 N–H and O–H groups in total. The van der Waals surface area contributed by atoms with Gasteiger partial charge in [0, 0.05) is 13.2 Å². The highest BCUT2D eigenvalue weighted by Gasteiger charge is 2.18. The van der Waals surface area contributed by atoms with E-state index in [4.69, 9.17) is 9.88 Å². The van der Waals surface area contributed by atoms with Gasteiger partial charge in [-0.05, 0) is 30.5 Å². The molecule has 0 aliphatic carbocycles. The van der Waals surface area contributed by atoms with E-state index in [2.05, 4.69) is 5.32 Å². The highest BCUT2D eigenvalue weighted by molar-refractivity contribution is 7.89. The third-order valence-corrected chi connectivity index (χ3v) is 4.06. The number of hydrogen-bond acceptors (Lipinski definition) is 4. The van der Waals surface area contributed by atoms with E-state index in [0.717, 1.165) is 12.8 Å². The van der Waals surface area contributed by atoms with Crippen molar-refractivity contribution in [2.24, 2.45) is 5.14 Å². The third-order valence-electron chi connectivity index (χ3n) is 3.15. The van der Waals surface area contributed by atoms with Gasteiger partial charge in [0.05, 0.1) is 17.4 Å². The first kappa shape index (κ1) is 15.0. The van der Waals surface area contributed by atoms with Gasteiger partial charge in [-0.25, -0.2) is 13.6 Å². The molecule has 1 aromatic carbocycles. The molecule has 0 spiro atoms. The van der Waals surface area contributed by atoms with Crippen LogP contribution < -0.4 is 10.5 Å². The molecule has 1 unspecified atom stereocenters. The highest BCUT2D eigenvalue weighted by Crippen LogP contribution is 2.15. The minimum atomic E-state index is -3.72. The monoisotopic (exact) mass is 298 g/mol. The molecule has 110 valence electrons. The topological polar surface area (TPSA) is 98.5 Å². The van der Waals surface area contributed by atoms with Gasteiger partial charge < -0.3 is 10.1 Å². The number of carbonyl (C=O) groups excluding carboxylic acids is 1. The van der Waals surface area contributed by atoms with Crippen LogP contribution >= 0.6 is 0 Å². The number of sulfonamides is 1. The first-order valence-electron chi connectivity index (χ1n) is 6.45. The fourth-order valence-electron chi connectivity index (χ4n) is 2.12. The summed E-state index contributed by atoms with van der Waals surface area (Å²) in [6.07, 6.45) is 2.25. The molecule has 1 fully saturated rings. The molecule has 1 atom stereocenters.